The van der Waals surface area contributed by atoms with Crippen molar-refractivity contribution in [3.05, 3.63) is 83.6 Å². The summed E-state index contributed by atoms with van der Waals surface area (Å²) in [6.45, 7) is 16.6. The standard InChI is InChI=1S/C59H97N2.ClHO4/c1-7-9-11-13-15-17-19-21-23-25-27-29-31-33-35-41-50-60-54-46-39-37-44-52(54)58(3,4)56(60)48-43-49-57-59(5,6)53-45-38-40-47-55(53)61(57)51-42-36-34-32-30-28-26-24-22-20-18-16-14-12-10-8-2;2-1(3,4)5/h37-40,43-49H,7-36,41-42,50-51H2,1-6H3;(H,2,3,4,5)/q+1;. The molecule has 1 N–H and O–H groups in total. The molecular weight excluding hydrogens is 836 g/mol. The van der Waals surface area contributed by atoms with Crippen LogP contribution in [-0.2, 0) is 10.8 Å². The lowest BCUT2D eigenvalue weighted by atomic mass is 9.81. The normalized spacial score (nSPS) is 15.8. The lowest BCUT2D eigenvalue weighted by molar-refractivity contribution is -1.92. The maximum Gasteiger partial charge on any atom is 0.209 e. The zero-order valence-electron chi connectivity index (χ0n) is 43.3. The highest BCUT2D eigenvalue weighted by atomic mass is 35.7. The van der Waals surface area contributed by atoms with E-state index < -0.39 is 10.2 Å². The van der Waals surface area contributed by atoms with Crippen LogP contribution in [0.15, 0.2) is 72.5 Å². The van der Waals surface area contributed by atoms with Gasteiger partial charge in [0.15, 0.2) is 5.71 Å². The quantitative estimate of drug-likeness (QED) is 0.0542. The Hall–Kier alpha value is -2.48. The van der Waals surface area contributed by atoms with E-state index in [1.807, 2.05) is 0 Å². The van der Waals surface area contributed by atoms with Crippen molar-refractivity contribution in [1.82, 2.24) is 0 Å². The molecule has 66 heavy (non-hydrogen) atoms. The molecule has 0 unspecified atom stereocenters. The number of para-hydroxylation sites is 2. The number of halogens is 1. The first-order chi connectivity index (χ1) is 31.8. The number of hydrogen-bond acceptors (Lipinski definition) is 5. The highest BCUT2D eigenvalue weighted by molar-refractivity contribution is 6.03. The van der Waals surface area contributed by atoms with Gasteiger partial charge in [0, 0.05) is 47.5 Å². The highest BCUT2D eigenvalue weighted by Gasteiger charge is 2.44. The minimum absolute atomic E-state index is 0.0119. The third-order valence-electron chi connectivity index (χ3n) is 14.6. The van der Waals surface area contributed by atoms with Crippen LogP contribution in [0.25, 0.3) is 0 Å². The summed E-state index contributed by atoms with van der Waals surface area (Å²) in [6.07, 6.45) is 52.6. The molecule has 0 fully saturated rings. The van der Waals surface area contributed by atoms with E-state index in [2.05, 4.69) is 118 Å². The van der Waals surface area contributed by atoms with E-state index in [1.165, 1.54) is 239 Å². The van der Waals surface area contributed by atoms with Gasteiger partial charge in [-0.05, 0) is 44.4 Å². The third-order valence-corrected chi connectivity index (χ3v) is 14.6. The zero-order chi connectivity index (χ0) is 47.9. The number of rotatable bonds is 36. The summed E-state index contributed by atoms with van der Waals surface area (Å²) in [5, 5.41) is 0. The second-order valence-electron chi connectivity index (χ2n) is 20.9. The summed E-state index contributed by atoms with van der Waals surface area (Å²) in [5.74, 6) is 0. The second-order valence-corrected chi connectivity index (χ2v) is 21.7. The first-order valence-electron chi connectivity index (χ1n) is 27.5. The smallest absolute Gasteiger partial charge is 0.209 e. The van der Waals surface area contributed by atoms with Gasteiger partial charge in [0.1, 0.15) is 6.54 Å². The van der Waals surface area contributed by atoms with Crippen LogP contribution >= 0.6 is 0 Å². The summed E-state index contributed by atoms with van der Waals surface area (Å²) < 4.78 is 35.4. The molecule has 0 aromatic heterocycles. The Morgan fingerprint density at radius 2 is 0.864 bits per heavy atom. The summed E-state index contributed by atoms with van der Waals surface area (Å²) >= 11 is 0. The molecular formula is C59H98ClN2O4+. The maximum atomic E-state index is 8.60. The molecule has 0 amide bonds. The molecule has 7 heteroatoms. The number of hydrogen-bond donors (Lipinski definition) is 1. The zero-order valence-corrected chi connectivity index (χ0v) is 44.1. The van der Waals surface area contributed by atoms with Crippen LogP contribution in [0.5, 0.6) is 0 Å². The molecule has 0 atom stereocenters. The highest BCUT2D eigenvalue weighted by Crippen LogP contribution is 2.48. The fourth-order valence-electron chi connectivity index (χ4n) is 10.6. The summed E-state index contributed by atoms with van der Waals surface area (Å²) in [5.41, 5.74) is 8.65. The lowest BCUT2D eigenvalue weighted by Crippen LogP contribution is -2.58. The van der Waals surface area contributed by atoms with Crippen LogP contribution in [0.2, 0.25) is 0 Å². The minimum atomic E-state index is -4.69. The molecule has 2 aliphatic rings. The van der Waals surface area contributed by atoms with Crippen molar-refractivity contribution in [3.63, 3.8) is 0 Å². The Labute approximate surface area is 408 Å². The van der Waals surface area contributed by atoms with Crippen LogP contribution in [-0.4, -0.2) is 28.0 Å². The Morgan fingerprint density at radius 3 is 1.30 bits per heavy atom. The second kappa shape index (κ2) is 33.1. The molecule has 374 valence electrons. The predicted molar refractivity (Wildman–Crippen MR) is 275 cm³/mol. The van der Waals surface area contributed by atoms with Gasteiger partial charge in [-0.15, -0.1) is 0 Å². The summed E-state index contributed by atoms with van der Waals surface area (Å²) in [7, 11) is -4.69. The fraction of sp³-hybridized carbons (Fsp3) is 0.712. The monoisotopic (exact) mass is 934 g/mol. The molecule has 0 radical (unpaired) electrons. The fourth-order valence-corrected chi connectivity index (χ4v) is 10.6. The van der Waals surface area contributed by atoms with Gasteiger partial charge >= 0.3 is 0 Å². The molecule has 2 aliphatic heterocycles. The van der Waals surface area contributed by atoms with E-state index in [9.17, 15) is 0 Å². The van der Waals surface area contributed by atoms with Crippen molar-refractivity contribution in [2.24, 2.45) is 0 Å². The van der Waals surface area contributed by atoms with Crippen molar-refractivity contribution in [2.75, 3.05) is 18.0 Å². The van der Waals surface area contributed by atoms with Crippen molar-refractivity contribution >= 4 is 17.1 Å². The van der Waals surface area contributed by atoms with Crippen LogP contribution in [0, 0.1) is 10.2 Å². The number of allylic oxidation sites excluding steroid dienone is 4. The van der Waals surface area contributed by atoms with Gasteiger partial charge in [-0.3, -0.25) is 0 Å². The van der Waals surface area contributed by atoms with E-state index in [-0.39, 0.29) is 10.8 Å². The molecule has 2 aromatic rings. The van der Waals surface area contributed by atoms with Gasteiger partial charge in [0.2, 0.25) is 5.69 Å². The molecule has 0 spiro atoms. The topological polar surface area (TPSA) is 95.7 Å². The molecule has 0 aliphatic carbocycles. The molecule has 2 heterocycles. The molecule has 2 aromatic carbocycles. The van der Waals surface area contributed by atoms with Gasteiger partial charge in [-0.2, -0.15) is 18.6 Å². The van der Waals surface area contributed by atoms with Crippen molar-refractivity contribution in [3.8, 4) is 0 Å². The molecule has 0 saturated carbocycles. The minimum Gasteiger partial charge on any atom is -0.344 e. The van der Waals surface area contributed by atoms with E-state index in [0.717, 1.165) is 13.1 Å². The average Bonchev–Trinajstić information content (AvgIpc) is 3.63. The lowest BCUT2D eigenvalue weighted by Gasteiger charge is -2.27. The number of anilines is 1. The van der Waals surface area contributed by atoms with Gasteiger partial charge < -0.3 is 4.90 Å². The molecule has 6 nitrogen and oxygen atoms in total. The van der Waals surface area contributed by atoms with Gasteiger partial charge in [0.05, 0.1) is 20.3 Å². The van der Waals surface area contributed by atoms with E-state index in [4.69, 9.17) is 18.6 Å². The molecule has 0 bridgehead atoms. The Kier molecular flexibility index (Phi) is 29.0. The number of benzene rings is 2. The van der Waals surface area contributed by atoms with E-state index in [1.54, 1.807) is 0 Å². The van der Waals surface area contributed by atoms with Crippen LogP contribution in [0.4, 0.5) is 11.4 Å². The molecule has 0 saturated heterocycles. The predicted octanol–water partition coefficient (Wildman–Crippen LogP) is 14.7. The van der Waals surface area contributed by atoms with Crippen LogP contribution < -0.4 is 18.9 Å². The van der Waals surface area contributed by atoms with Crippen molar-refractivity contribution in [1.29, 1.82) is 0 Å². The number of nitrogens with zero attached hydrogens (tertiary/aromatic N) is 2. The van der Waals surface area contributed by atoms with Gasteiger partial charge in [-0.1, -0.05) is 256 Å². The maximum absolute atomic E-state index is 8.60. The average molecular weight is 935 g/mol. The van der Waals surface area contributed by atoms with Gasteiger partial charge in [-0.25, -0.2) is 0 Å². The van der Waals surface area contributed by atoms with E-state index >= 15 is 0 Å². The van der Waals surface area contributed by atoms with Crippen LogP contribution in [0.1, 0.15) is 258 Å². The first kappa shape index (κ1) is 57.8. The van der Waals surface area contributed by atoms with Gasteiger partial charge in [0.25, 0.3) is 0 Å². The summed E-state index contributed by atoms with van der Waals surface area (Å²) in [6, 6.07) is 18.4. The third kappa shape index (κ3) is 21.9. The Bertz CT molecular complexity index is 1670. The first-order valence-corrected chi connectivity index (χ1v) is 28.7. The Morgan fingerprint density at radius 1 is 0.500 bits per heavy atom. The molecule has 4 rings (SSSR count). The largest absolute Gasteiger partial charge is 0.344 e. The summed E-state index contributed by atoms with van der Waals surface area (Å²) in [4.78, 5) is 2.66. The van der Waals surface area contributed by atoms with E-state index in [0.29, 0.717) is 0 Å². The Balaban J connectivity index is 0.00000219. The SMILES string of the molecule is CCCCCCCCCCCCCCCCCCN1C(=CC=CC2=[N+](CCCCCCCCCCCCCCCCCC)c3ccccc3C2(C)C)C(C)(C)c2ccccc21.[O-][Cl+3]([O-])([O-])O. The van der Waals surface area contributed by atoms with Crippen molar-refractivity contribution in [2.45, 2.75) is 258 Å². The number of fused-ring (bicyclic) bond motifs is 2. The number of unbranched alkanes of at least 4 members (excludes halogenated alkanes) is 30. The van der Waals surface area contributed by atoms with Crippen LogP contribution in [0.3, 0.4) is 0 Å². The van der Waals surface area contributed by atoms with Crippen molar-refractivity contribution < 1.29 is 33.5 Å².